The number of benzene rings is 1. The second kappa shape index (κ2) is 6.13. The molecule has 114 valence electrons. The molecule has 4 atom stereocenters. The van der Waals surface area contributed by atoms with Gasteiger partial charge in [0.25, 0.3) is 6.29 Å². The summed E-state index contributed by atoms with van der Waals surface area (Å²) < 4.78 is 10.5. The Morgan fingerprint density at radius 2 is 1.86 bits per heavy atom. The van der Waals surface area contributed by atoms with Gasteiger partial charge in [-0.1, -0.05) is 6.58 Å². The van der Waals surface area contributed by atoms with Gasteiger partial charge in [0.05, 0.1) is 0 Å². The third-order valence-electron chi connectivity index (χ3n) is 2.98. The first-order valence-corrected chi connectivity index (χ1v) is 6.32. The Kier molecular flexibility index (Phi) is 4.46. The summed E-state index contributed by atoms with van der Waals surface area (Å²) in [6.45, 7) is 4.85. The SMILES string of the molecule is C=C1OC(Oc2ccc(NC(C)=O)cc2)C(O)C(O)C1O. The lowest BCUT2D eigenvalue weighted by Gasteiger charge is -2.36. The van der Waals surface area contributed by atoms with E-state index in [1.807, 2.05) is 0 Å². The summed E-state index contributed by atoms with van der Waals surface area (Å²) in [5.74, 6) is 0.0975. The van der Waals surface area contributed by atoms with Crippen LogP contribution in [0.2, 0.25) is 0 Å². The van der Waals surface area contributed by atoms with Crippen LogP contribution in [0.1, 0.15) is 6.92 Å². The van der Waals surface area contributed by atoms with Crippen molar-refractivity contribution in [1.82, 2.24) is 0 Å². The summed E-state index contributed by atoms with van der Waals surface area (Å²) in [7, 11) is 0. The smallest absolute Gasteiger partial charge is 0.268 e. The molecule has 2 rings (SSSR count). The van der Waals surface area contributed by atoms with E-state index in [1.54, 1.807) is 24.3 Å². The van der Waals surface area contributed by atoms with Crippen molar-refractivity contribution >= 4 is 11.6 Å². The highest BCUT2D eigenvalue weighted by atomic mass is 16.7. The third-order valence-corrected chi connectivity index (χ3v) is 2.98. The van der Waals surface area contributed by atoms with Gasteiger partial charge < -0.3 is 30.1 Å². The van der Waals surface area contributed by atoms with E-state index in [0.717, 1.165) is 0 Å². The van der Waals surface area contributed by atoms with Gasteiger partial charge in [0.1, 0.15) is 23.7 Å². The Balaban J connectivity index is 2.04. The molecule has 0 radical (unpaired) electrons. The number of aliphatic hydroxyl groups is 3. The van der Waals surface area contributed by atoms with Gasteiger partial charge >= 0.3 is 0 Å². The van der Waals surface area contributed by atoms with Crippen molar-refractivity contribution in [2.24, 2.45) is 0 Å². The normalized spacial score (nSPS) is 28.7. The lowest BCUT2D eigenvalue weighted by Crippen LogP contribution is -2.53. The van der Waals surface area contributed by atoms with Crippen LogP contribution in [0.3, 0.4) is 0 Å². The van der Waals surface area contributed by atoms with E-state index in [2.05, 4.69) is 11.9 Å². The third kappa shape index (κ3) is 3.52. The molecule has 7 heteroatoms. The Morgan fingerprint density at radius 1 is 1.24 bits per heavy atom. The van der Waals surface area contributed by atoms with Crippen molar-refractivity contribution in [3.63, 3.8) is 0 Å². The Morgan fingerprint density at radius 3 is 2.43 bits per heavy atom. The van der Waals surface area contributed by atoms with Crippen LogP contribution in [0.4, 0.5) is 5.69 Å². The average molecular weight is 295 g/mol. The highest BCUT2D eigenvalue weighted by Crippen LogP contribution is 2.26. The fourth-order valence-corrected chi connectivity index (χ4v) is 1.87. The molecule has 1 aromatic rings. The predicted molar refractivity (Wildman–Crippen MR) is 73.4 cm³/mol. The molecule has 21 heavy (non-hydrogen) atoms. The number of rotatable bonds is 3. The number of hydrogen-bond donors (Lipinski definition) is 4. The number of ether oxygens (including phenoxy) is 2. The fourth-order valence-electron chi connectivity index (χ4n) is 1.87. The number of carbonyl (C=O) groups excluding carboxylic acids is 1. The standard InChI is InChI=1S/C14H17NO6/c1-7-11(17)12(18)13(19)14(20-7)21-10-5-3-9(4-6-10)15-8(2)16/h3-6,11-14,17-19H,1H2,2H3,(H,15,16). The monoisotopic (exact) mass is 295 g/mol. The molecule has 0 aliphatic carbocycles. The summed E-state index contributed by atoms with van der Waals surface area (Å²) in [4.78, 5) is 10.9. The summed E-state index contributed by atoms with van der Waals surface area (Å²) in [5.41, 5.74) is 0.597. The summed E-state index contributed by atoms with van der Waals surface area (Å²) >= 11 is 0. The van der Waals surface area contributed by atoms with Gasteiger partial charge in [0.15, 0.2) is 6.10 Å². The maximum atomic E-state index is 10.9. The molecule has 0 bridgehead atoms. The van der Waals surface area contributed by atoms with Crippen LogP contribution in [-0.2, 0) is 9.53 Å². The minimum Gasteiger partial charge on any atom is -0.454 e. The predicted octanol–water partition coefficient (Wildman–Crippen LogP) is -0.0235. The first-order valence-electron chi connectivity index (χ1n) is 6.32. The maximum Gasteiger partial charge on any atom is 0.268 e. The molecule has 4 unspecified atom stereocenters. The second-order valence-electron chi connectivity index (χ2n) is 4.70. The van der Waals surface area contributed by atoms with Gasteiger partial charge in [-0.2, -0.15) is 0 Å². The first kappa shape index (κ1) is 15.3. The molecule has 1 aliphatic rings. The lowest BCUT2D eigenvalue weighted by molar-refractivity contribution is -0.213. The molecule has 1 saturated heterocycles. The molecule has 1 heterocycles. The van der Waals surface area contributed by atoms with E-state index in [4.69, 9.17) is 9.47 Å². The molecule has 0 saturated carbocycles. The van der Waals surface area contributed by atoms with Crippen molar-refractivity contribution in [2.45, 2.75) is 31.5 Å². The number of amides is 1. The zero-order chi connectivity index (χ0) is 15.6. The van der Waals surface area contributed by atoms with Crippen molar-refractivity contribution in [3.05, 3.63) is 36.6 Å². The molecular formula is C14H17NO6. The van der Waals surface area contributed by atoms with Gasteiger partial charge in [-0.05, 0) is 24.3 Å². The minimum absolute atomic E-state index is 0.0762. The maximum absolute atomic E-state index is 10.9. The highest BCUT2D eigenvalue weighted by Gasteiger charge is 2.41. The quantitative estimate of drug-likeness (QED) is 0.624. The largest absolute Gasteiger partial charge is 0.454 e. The van der Waals surface area contributed by atoms with Crippen LogP contribution in [0.5, 0.6) is 5.75 Å². The molecule has 1 aliphatic heterocycles. The van der Waals surface area contributed by atoms with Crippen molar-refractivity contribution in [1.29, 1.82) is 0 Å². The van der Waals surface area contributed by atoms with Gasteiger partial charge in [0, 0.05) is 12.6 Å². The minimum atomic E-state index is -1.44. The summed E-state index contributed by atoms with van der Waals surface area (Å²) in [5, 5.41) is 31.5. The van der Waals surface area contributed by atoms with E-state index >= 15 is 0 Å². The van der Waals surface area contributed by atoms with Crippen molar-refractivity contribution in [2.75, 3.05) is 5.32 Å². The van der Waals surface area contributed by atoms with Crippen LogP contribution >= 0.6 is 0 Å². The topological polar surface area (TPSA) is 108 Å². The molecular weight excluding hydrogens is 278 g/mol. The summed E-state index contributed by atoms with van der Waals surface area (Å²) in [6.07, 6.45) is -5.39. The molecule has 4 N–H and O–H groups in total. The molecule has 1 amide bonds. The molecule has 1 aromatic carbocycles. The van der Waals surface area contributed by atoms with E-state index in [-0.39, 0.29) is 11.7 Å². The summed E-state index contributed by atoms with van der Waals surface area (Å²) in [6, 6.07) is 6.38. The van der Waals surface area contributed by atoms with E-state index in [9.17, 15) is 20.1 Å². The zero-order valence-corrected chi connectivity index (χ0v) is 11.4. The fraction of sp³-hybridized carbons (Fsp3) is 0.357. The van der Waals surface area contributed by atoms with Gasteiger partial charge in [0.2, 0.25) is 5.91 Å². The Bertz CT molecular complexity index is 529. The van der Waals surface area contributed by atoms with Crippen molar-refractivity contribution < 1.29 is 29.6 Å². The molecule has 0 spiro atoms. The number of anilines is 1. The van der Waals surface area contributed by atoms with Gasteiger partial charge in [-0.25, -0.2) is 0 Å². The van der Waals surface area contributed by atoms with Crippen LogP contribution < -0.4 is 10.1 Å². The lowest BCUT2D eigenvalue weighted by atomic mass is 10.0. The number of carbonyl (C=O) groups is 1. The first-order chi connectivity index (χ1) is 9.88. The van der Waals surface area contributed by atoms with Crippen LogP contribution in [0.25, 0.3) is 0 Å². The van der Waals surface area contributed by atoms with Crippen LogP contribution in [0, 0.1) is 0 Å². The molecule has 1 fully saturated rings. The van der Waals surface area contributed by atoms with Crippen LogP contribution in [0.15, 0.2) is 36.6 Å². The number of nitrogens with one attached hydrogen (secondary N) is 1. The number of aliphatic hydroxyl groups excluding tert-OH is 3. The average Bonchev–Trinajstić information content (AvgIpc) is 2.44. The van der Waals surface area contributed by atoms with Crippen molar-refractivity contribution in [3.8, 4) is 5.75 Å². The second-order valence-corrected chi connectivity index (χ2v) is 4.70. The molecule has 0 aromatic heterocycles. The van der Waals surface area contributed by atoms with E-state index < -0.39 is 24.6 Å². The van der Waals surface area contributed by atoms with Gasteiger partial charge in [-0.15, -0.1) is 0 Å². The van der Waals surface area contributed by atoms with E-state index in [0.29, 0.717) is 11.4 Å². The van der Waals surface area contributed by atoms with Gasteiger partial charge in [-0.3, -0.25) is 4.79 Å². The van der Waals surface area contributed by atoms with Crippen LogP contribution in [-0.4, -0.2) is 45.8 Å². The zero-order valence-electron chi connectivity index (χ0n) is 11.4. The molecule has 7 nitrogen and oxygen atoms in total. The Labute approximate surface area is 121 Å². The Hall–Kier alpha value is -2.09. The number of hydrogen-bond acceptors (Lipinski definition) is 6. The highest BCUT2D eigenvalue weighted by molar-refractivity contribution is 5.88. The van der Waals surface area contributed by atoms with E-state index in [1.165, 1.54) is 6.92 Å².